The summed E-state index contributed by atoms with van der Waals surface area (Å²) >= 11 is 1.89. The molecule has 0 radical (unpaired) electrons. The number of aryl methyl sites for hydroxylation is 1. The van der Waals surface area contributed by atoms with Gasteiger partial charge in [-0.1, -0.05) is 122 Å². The first-order valence-corrected chi connectivity index (χ1v) is 29.4. The Hall–Kier alpha value is -8.37. The Morgan fingerprint density at radius 2 is 1.09 bits per heavy atom. The van der Waals surface area contributed by atoms with Crippen LogP contribution in [0.4, 0.5) is 4.79 Å². The maximum atomic E-state index is 12.1. The molecule has 2 saturated heterocycles. The number of rotatable bonds is 21. The number of aromatic carboxylic acids is 1. The minimum absolute atomic E-state index is 0. The average Bonchev–Trinajstić information content (AvgIpc) is 4.18. The fraction of sp³-hybridized carbons (Fsp3) is 0.232. The van der Waals surface area contributed by atoms with E-state index in [9.17, 15) is 24.3 Å². The Labute approximate surface area is 512 Å². The molecule has 4 amide bonds. The van der Waals surface area contributed by atoms with Gasteiger partial charge in [-0.3, -0.25) is 24.5 Å². The quantitative estimate of drug-likeness (QED) is 0.0231. The molecule has 0 saturated carbocycles. The zero-order chi connectivity index (χ0) is 57.9. The van der Waals surface area contributed by atoms with Crippen LogP contribution in [0.1, 0.15) is 48.2 Å². The summed E-state index contributed by atoms with van der Waals surface area (Å²) in [4.78, 5) is 60.0. The summed E-state index contributed by atoms with van der Waals surface area (Å²) < 4.78 is 11.0. The number of benzene rings is 7. The third kappa shape index (κ3) is 16.5. The van der Waals surface area contributed by atoms with Crippen LogP contribution in [-0.4, -0.2) is 101 Å². The first-order chi connectivity index (χ1) is 41.3. The van der Waals surface area contributed by atoms with Gasteiger partial charge >= 0.3 is 26.1 Å². The molecule has 0 aliphatic carbocycles. The predicted molar refractivity (Wildman–Crippen MR) is 331 cm³/mol. The molecule has 432 valence electrons. The topological polar surface area (TPSA) is 197 Å². The fourth-order valence-corrected chi connectivity index (χ4v) is 11.9. The van der Waals surface area contributed by atoms with Crippen LogP contribution >= 0.6 is 11.8 Å². The number of hydrogen-bond donors (Lipinski definition) is 4. The van der Waals surface area contributed by atoms with E-state index >= 15 is 0 Å². The average molecular weight is 1330 g/mol. The molecule has 3 unspecified atom stereocenters. The summed E-state index contributed by atoms with van der Waals surface area (Å²) in [6.07, 6.45) is 5.71. The van der Waals surface area contributed by atoms with Crippen molar-refractivity contribution in [2.75, 3.05) is 45.3 Å². The Kier molecular flexibility index (Phi) is 22.3. The molecule has 10 aromatic rings. The number of carboxylic acid groups (broad SMARTS) is 1. The number of pyridine rings is 3. The number of carbonyl (C=O) groups excluding carboxylic acids is 4. The van der Waals surface area contributed by atoms with E-state index in [-0.39, 0.29) is 55.7 Å². The van der Waals surface area contributed by atoms with Crippen molar-refractivity contribution in [3.05, 3.63) is 212 Å². The molecule has 2 aliphatic rings. The van der Waals surface area contributed by atoms with Gasteiger partial charge in [0.15, 0.2) is 0 Å². The minimum Gasteiger partial charge on any atom is -0.543 e. The van der Waals surface area contributed by atoms with Crippen LogP contribution < -0.4 is 26.4 Å². The molecule has 16 heteroatoms. The first-order valence-electron chi connectivity index (χ1n) is 28.4. The van der Waals surface area contributed by atoms with E-state index in [0.29, 0.717) is 64.0 Å². The summed E-state index contributed by atoms with van der Waals surface area (Å²) in [5.74, 6) is -0.399. The van der Waals surface area contributed by atoms with E-state index in [1.807, 2.05) is 84.6 Å². The molecule has 4 N–H and O–H groups in total. The van der Waals surface area contributed by atoms with Crippen LogP contribution in [-0.2, 0) is 45.6 Å². The van der Waals surface area contributed by atoms with Gasteiger partial charge in [0, 0.05) is 59.5 Å². The number of aromatic nitrogens is 3. The first kappa shape index (κ1) is 61.2. The fourth-order valence-electron chi connectivity index (χ4n) is 10.4. The standard InChI is InChI=1S/C31H41N5O7S.2C19H12N.Ir/c37-27(4-2-1-3-26-29-25(20-44-26)35-31(41)36-29)32-13-15-42-17-18-43-16-14-33-28(38)12-7-21-5-8-22(9-6-21)23-10-11-24(30(39)40)34-19-23;2*1-2-8-14(9-3-1)19-17-12-5-4-10-15(17)16-11-6-7-13-18(16)20-19;/h5-6,8-11,19,25-26,29H,1-4,7,12-18,20H2,(H,32,37)(H,33,38)(H,39,40)(H2,35,36,41);2*1-8,10-13H;/q;2*-1;+3/p-1. The van der Waals surface area contributed by atoms with Crippen LogP contribution in [0.25, 0.3) is 77.0 Å². The molecule has 0 spiro atoms. The van der Waals surface area contributed by atoms with Crippen molar-refractivity contribution in [1.82, 2.24) is 36.2 Å². The van der Waals surface area contributed by atoms with Crippen molar-refractivity contribution in [3.8, 4) is 33.6 Å². The third-order valence-electron chi connectivity index (χ3n) is 14.6. The van der Waals surface area contributed by atoms with E-state index < -0.39 is 5.97 Å². The minimum atomic E-state index is -1.31. The summed E-state index contributed by atoms with van der Waals surface area (Å²) in [5, 5.41) is 30.1. The van der Waals surface area contributed by atoms with Gasteiger partial charge < -0.3 is 40.6 Å². The van der Waals surface area contributed by atoms with Crippen LogP contribution in [0.3, 0.4) is 0 Å². The van der Waals surface area contributed by atoms with Gasteiger partial charge in [-0.25, -0.2) is 4.79 Å². The van der Waals surface area contributed by atoms with Crippen LogP contribution in [0.15, 0.2) is 188 Å². The van der Waals surface area contributed by atoms with Crippen molar-refractivity contribution >= 4 is 78.9 Å². The van der Waals surface area contributed by atoms with Crippen LogP contribution in [0.2, 0.25) is 0 Å². The Balaban J connectivity index is 0.000000172. The number of amides is 4. The Morgan fingerprint density at radius 1 is 0.576 bits per heavy atom. The van der Waals surface area contributed by atoms with E-state index in [2.05, 4.69) is 135 Å². The molecule has 3 aromatic heterocycles. The zero-order valence-electron chi connectivity index (χ0n) is 46.8. The number of urea groups is 1. The number of nitrogens with one attached hydrogen (secondary N) is 4. The molecule has 5 heterocycles. The van der Waals surface area contributed by atoms with Gasteiger partial charge in [0.05, 0.1) is 61.2 Å². The SMILES string of the molecule is O=C(CCCCC1SCC2NC(=O)NC21)NCCOCCOCCNC(=O)CCc1ccc(-c2ccc(C(=O)[O-])nc2)cc1.[Ir+3].[c-]1ccccc1-c1nc2ccccc2c2ccccc12.[c-]1ccccc1-c1nc2ccccc2c2ccccc12. The van der Waals surface area contributed by atoms with Crippen molar-refractivity contribution < 1.29 is 53.9 Å². The van der Waals surface area contributed by atoms with Gasteiger partial charge in [0.25, 0.3) is 0 Å². The molecule has 0 bridgehead atoms. The number of ether oxygens (including phenoxy) is 2. The molecule has 2 fully saturated rings. The third-order valence-corrected chi connectivity index (χ3v) is 16.1. The Bertz CT molecular complexity index is 3690. The molecule has 7 aromatic carbocycles. The number of unbranched alkanes of at least 4 members (excludes halogenated alkanes) is 1. The normalized spacial score (nSPS) is 14.9. The molecular weight excluding hydrogens is 1260 g/mol. The van der Waals surface area contributed by atoms with E-state index in [0.717, 1.165) is 75.3 Å². The number of nitrogens with zero attached hydrogens (tertiary/aromatic N) is 3. The second-order valence-electron chi connectivity index (χ2n) is 20.3. The number of fused-ring (bicyclic) bond motifs is 7. The summed E-state index contributed by atoms with van der Waals surface area (Å²) in [5.41, 5.74) is 8.74. The zero-order valence-corrected chi connectivity index (χ0v) is 50.0. The number of hydrogen-bond acceptors (Lipinski definition) is 11. The molecular formula is C69H64IrN7O7S. The number of carbonyl (C=O) groups is 4. The molecule has 12 rings (SSSR count). The Morgan fingerprint density at radius 3 is 1.62 bits per heavy atom. The van der Waals surface area contributed by atoms with E-state index in [4.69, 9.17) is 19.4 Å². The van der Waals surface area contributed by atoms with Gasteiger partial charge in [0.2, 0.25) is 11.8 Å². The second-order valence-corrected chi connectivity index (χ2v) is 21.6. The van der Waals surface area contributed by atoms with Gasteiger partial charge in [-0.15, -0.1) is 71.8 Å². The smallest absolute Gasteiger partial charge is 0.543 e. The molecule has 3 atom stereocenters. The number of carboxylic acids is 1. The number of thioether (sulfide) groups is 1. The maximum absolute atomic E-state index is 12.1. The second kappa shape index (κ2) is 31.0. The largest absolute Gasteiger partial charge is 3.00 e. The molecule has 2 aliphatic heterocycles. The van der Waals surface area contributed by atoms with Crippen molar-refractivity contribution in [2.45, 2.75) is 55.9 Å². The summed E-state index contributed by atoms with van der Waals surface area (Å²) in [7, 11) is 0. The van der Waals surface area contributed by atoms with Crippen molar-refractivity contribution in [2.24, 2.45) is 0 Å². The predicted octanol–water partition coefficient (Wildman–Crippen LogP) is 10.7. The van der Waals surface area contributed by atoms with Gasteiger partial charge in [-0.05, 0) is 81.5 Å². The van der Waals surface area contributed by atoms with Crippen LogP contribution in [0.5, 0.6) is 0 Å². The van der Waals surface area contributed by atoms with Crippen molar-refractivity contribution in [3.63, 3.8) is 0 Å². The molecule has 14 nitrogen and oxygen atoms in total. The summed E-state index contributed by atoms with van der Waals surface area (Å²) in [6.45, 7) is 2.46. The van der Waals surface area contributed by atoms with Crippen molar-refractivity contribution in [1.29, 1.82) is 0 Å². The van der Waals surface area contributed by atoms with Gasteiger partial charge in [-0.2, -0.15) is 11.8 Å². The van der Waals surface area contributed by atoms with Crippen LogP contribution in [0, 0.1) is 12.1 Å². The number of para-hydroxylation sites is 2. The van der Waals surface area contributed by atoms with E-state index in [1.165, 1.54) is 44.6 Å². The summed E-state index contributed by atoms with van der Waals surface area (Å²) in [6, 6.07) is 67.1. The monoisotopic (exact) mass is 1330 g/mol. The molecule has 85 heavy (non-hydrogen) atoms. The van der Waals surface area contributed by atoms with E-state index in [1.54, 1.807) is 6.07 Å². The van der Waals surface area contributed by atoms with Gasteiger partial charge in [0.1, 0.15) is 0 Å². The maximum Gasteiger partial charge on any atom is 3.00 e.